The van der Waals surface area contributed by atoms with E-state index in [2.05, 4.69) is 0 Å². The lowest BCUT2D eigenvalue weighted by Gasteiger charge is -2.32. The molecule has 4 atom stereocenters. The van der Waals surface area contributed by atoms with Gasteiger partial charge in [-0.1, -0.05) is 6.08 Å². The molecule has 0 N–H and O–H groups in total. The maximum absolute atomic E-state index is 13.4. The minimum absolute atomic E-state index is 0.314. The number of amides is 2. The predicted molar refractivity (Wildman–Crippen MR) is 91.5 cm³/mol. The van der Waals surface area contributed by atoms with Crippen molar-refractivity contribution < 1.29 is 33.3 Å². The fraction of sp³-hybridized carbons (Fsp3) is 0.474. The average molecular weight is 373 g/mol. The Balaban J connectivity index is 1.58. The minimum Gasteiger partial charge on any atom is -0.497 e. The van der Waals surface area contributed by atoms with E-state index in [0.717, 1.165) is 0 Å². The van der Waals surface area contributed by atoms with Gasteiger partial charge in [0.1, 0.15) is 11.5 Å². The van der Waals surface area contributed by atoms with Crippen LogP contribution in [0.4, 0.5) is 5.69 Å². The summed E-state index contributed by atoms with van der Waals surface area (Å²) in [6, 6.07) is 5.01. The lowest BCUT2D eigenvalue weighted by atomic mass is 9.76. The van der Waals surface area contributed by atoms with Crippen molar-refractivity contribution in [2.75, 3.05) is 32.3 Å². The van der Waals surface area contributed by atoms with Crippen molar-refractivity contribution in [1.82, 2.24) is 0 Å². The van der Waals surface area contributed by atoms with Gasteiger partial charge in [0.25, 0.3) is 0 Å². The molecule has 0 unspecified atom stereocenters. The van der Waals surface area contributed by atoms with Gasteiger partial charge in [-0.3, -0.25) is 9.59 Å². The van der Waals surface area contributed by atoms with Crippen molar-refractivity contribution in [1.29, 1.82) is 0 Å². The number of fused-ring (bicyclic) bond motifs is 5. The number of carbonyl (C=O) groups is 2. The molecule has 0 aromatic heterocycles. The number of imide groups is 1. The van der Waals surface area contributed by atoms with Gasteiger partial charge >= 0.3 is 0 Å². The lowest BCUT2D eigenvalue weighted by molar-refractivity contribution is -0.180. The summed E-state index contributed by atoms with van der Waals surface area (Å²) in [5.74, 6) is -1.02. The second-order valence-corrected chi connectivity index (χ2v) is 6.92. The van der Waals surface area contributed by atoms with E-state index in [4.69, 9.17) is 23.7 Å². The van der Waals surface area contributed by atoms with Crippen LogP contribution in [-0.2, 0) is 23.8 Å². The second-order valence-electron chi connectivity index (χ2n) is 6.92. The second kappa shape index (κ2) is 5.79. The van der Waals surface area contributed by atoms with E-state index in [9.17, 15) is 9.59 Å². The average Bonchev–Trinajstić information content (AvgIpc) is 3.45. The molecule has 0 spiro atoms. The molecule has 8 nitrogen and oxygen atoms in total. The van der Waals surface area contributed by atoms with Gasteiger partial charge in [-0.05, 0) is 18.2 Å². The van der Waals surface area contributed by atoms with E-state index >= 15 is 0 Å². The summed E-state index contributed by atoms with van der Waals surface area (Å²) >= 11 is 0. The topological polar surface area (TPSA) is 83.5 Å². The molecule has 1 aromatic carbocycles. The molecule has 3 fully saturated rings. The molecule has 2 bridgehead atoms. The predicted octanol–water partition coefficient (Wildman–Crippen LogP) is 0.890. The largest absolute Gasteiger partial charge is 0.497 e. The van der Waals surface area contributed by atoms with Crippen LogP contribution in [0, 0.1) is 11.8 Å². The summed E-state index contributed by atoms with van der Waals surface area (Å²) in [4.78, 5) is 27.8. The fourth-order valence-corrected chi connectivity index (χ4v) is 4.53. The van der Waals surface area contributed by atoms with Crippen LogP contribution >= 0.6 is 0 Å². The van der Waals surface area contributed by atoms with Gasteiger partial charge in [0.2, 0.25) is 11.8 Å². The van der Waals surface area contributed by atoms with Gasteiger partial charge < -0.3 is 23.7 Å². The molecule has 4 aliphatic rings. The smallest absolute Gasteiger partial charge is 0.241 e. The molecule has 0 aliphatic carbocycles. The Labute approximate surface area is 155 Å². The molecule has 4 heterocycles. The Kier molecular flexibility index (Phi) is 3.59. The van der Waals surface area contributed by atoms with Crippen LogP contribution in [0.25, 0.3) is 0 Å². The van der Waals surface area contributed by atoms with E-state index in [-0.39, 0.29) is 11.8 Å². The van der Waals surface area contributed by atoms with E-state index in [1.54, 1.807) is 18.2 Å². The van der Waals surface area contributed by atoms with Crippen LogP contribution in [0.1, 0.15) is 0 Å². The Morgan fingerprint density at radius 3 is 2.59 bits per heavy atom. The van der Waals surface area contributed by atoms with Crippen molar-refractivity contribution in [3.05, 3.63) is 30.4 Å². The maximum atomic E-state index is 13.4. The van der Waals surface area contributed by atoms with Gasteiger partial charge in [0.15, 0.2) is 11.9 Å². The van der Waals surface area contributed by atoms with Crippen LogP contribution in [0.3, 0.4) is 0 Å². The summed E-state index contributed by atoms with van der Waals surface area (Å²) in [5, 5.41) is 0. The van der Waals surface area contributed by atoms with Gasteiger partial charge in [0, 0.05) is 6.07 Å². The zero-order chi connectivity index (χ0) is 18.8. The maximum Gasteiger partial charge on any atom is 0.241 e. The van der Waals surface area contributed by atoms with Crippen molar-refractivity contribution in [3.8, 4) is 11.5 Å². The molecular formula is C19H19NO7. The van der Waals surface area contributed by atoms with Crippen LogP contribution in [-0.4, -0.2) is 57.2 Å². The quantitative estimate of drug-likeness (QED) is 0.572. The molecule has 8 heteroatoms. The van der Waals surface area contributed by atoms with Gasteiger partial charge in [0.05, 0.1) is 51.1 Å². The van der Waals surface area contributed by atoms with Gasteiger partial charge in [-0.25, -0.2) is 4.90 Å². The number of hydrogen-bond donors (Lipinski definition) is 0. The Bertz CT molecular complexity index is 846. The third kappa shape index (κ3) is 2.08. The minimum atomic E-state index is -1.07. The Morgan fingerprint density at radius 1 is 1.11 bits per heavy atom. The fourth-order valence-electron chi connectivity index (χ4n) is 4.53. The standard InChI is InChI=1S/C19H19NO7/c1-23-10-3-4-12(24-2)11(9-10)20-16(21)14-13-5-6-19(27-13,15(14)17(20)22)18-25-7-8-26-18/h3-6,9,13-15,18H,7-8H2,1-2H3/t13-,14-,15-,19-/m1/s1. The first-order chi connectivity index (χ1) is 13.1. The molecule has 0 saturated carbocycles. The number of ether oxygens (including phenoxy) is 5. The highest BCUT2D eigenvalue weighted by atomic mass is 16.7. The van der Waals surface area contributed by atoms with E-state index < -0.39 is 29.8 Å². The molecule has 5 rings (SSSR count). The number of methoxy groups -OCH3 is 2. The molecule has 3 saturated heterocycles. The van der Waals surface area contributed by atoms with Gasteiger partial charge in [-0.15, -0.1) is 0 Å². The van der Waals surface area contributed by atoms with E-state index in [1.807, 2.05) is 12.2 Å². The summed E-state index contributed by atoms with van der Waals surface area (Å²) in [6.07, 6.45) is 2.47. The first kappa shape index (κ1) is 16.7. The summed E-state index contributed by atoms with van der Waals surface area (Å²) in [6.45, 7) is 0.864. The van der Waals surface area contributed by atoms with Crippen LogP contribution in [0.15, 0.2) is 30.4 Å². The van der Waals surface area contributed by atoms with Crippen molar-refractivity contribution in [3.63, 3.8) is 0 Å². The number of anilines is 1. The van der Waals surface area contributed by atoms with Crippen LogP contribution < -0.4 is 14.4 Å². The monoisotopic (exact) mass is 373 g/mol. The molecule has 1 aromatic rings. The number of hydrogen-bond acceptors (Lipinski definition) is 7. The highest BCUT2D eigenvalue weighted by Gasteiger charge is 2.71. The normalized spacial score (nSPS) is 34.6. The molecule has 2 amide bonds. The molecule has 27 heavy (non-hydrogen) atoms. The third-order valence-electron chi connectivity index (χ3n) is 5.69. The van der Waals surface area contributed by atoms with E-state index in [0.29, 0.717) is 30.4 Å². The number of carbonyl (C=O) groups excluding carboxylic acids is 2. The zero-order valence-electron chi connectivity index (χ0n) is 14.9. The van der Waals surface area contributed by atoms with Crippen molar-refractivity contribution >= 4 is 17.5 Å². The zero-order valence-corrected chi connectivity index (χ0v) is 14.9. The first-order valence-corrected chi connectivity index (χ1v) is 8.81. The number of rotatable bonds is 4. The molecule has 0 radical (unpaired) electrons. The van der Waals surface area contributed by atoms with Crippen molar-refractivity contribution in [2.45, 2.75) is 18.0 Å². The highest BCUT2D eigenvalue weighted by molar-refractivity contribution is 6.24. The van der Waals surface area contributed by atoms with Crippen molar-refractivity contribution in [2.24, 2.45) is 11.8 Å². The number of benzene rings is 1. The highest BCUT2D eigenvalue weighted by Crippen LogP contribution is 2.55. The summed E-state index contributed by atoms with van der Waals surface area (Å²) in [7, 11) is 3.02. The summed E-state index contributed by atoms with van der Waals surface area (Å²) in [5.41, 5.74) is -0.705. The first-order valence-electron chi connectivity index (χ1n) is 8.81. The number of nitrogens with zero attached hydrogens (tertiary/aromatic N) is 1. The SMILES string of the molecule is COc1ccc(OC)c(N2C(=O)[C@@H]3[C@H]4C=C[C@@](C5OCCO5)(O4)[C@H]3C2=O)c1. The molecular weight excluding hydrogens is 354 g/mol. The summed E-state index contributed by atoms with van der Waals surface area (Å²) < 4.78 is 28.0. The van der Waals surface area contributed by atoms with Crippen LogP contribution in [0.5, 0.6) is 11.5 Å². The van der Waals surface area contributed by atoms with Gasteiger partial charge in [-0.2, -0.15) is 0 Å². The Hall–Kier alpha value is -2.42. The van der Waals surface area contributed by atoms with Crippen LogP contribution in [0.2, 0.25) is 0 Å². The molecule has 142 valence electrons. The van der Waals surface area contributed by atoms with E-state index in [1.165, 1.54) is 19.1 Å². The Morgan fingerprint density at radius 2 is 1.89 bits per heavy atom. The molecule has 4 aliphatic heterocycles. The lowest BCUT2D eigenvalue weighted by Crippen LogP contribution is -2.49. The third-order valence-corrected chi connectivity index (χ3v) is 5.69.